The van der Waals surface area contributed by atoms with Crippen LogP contribution in [-0.4, -0.2) is 68.0 Å². The zero-order valence-electron chi connectivity index (χ0n) is 13.5. The van der Waals surface area contributed by atoms with Crippen LogP contribution in [0.2, 0.25) is 5.02 Å². The molecule has 0 unspecified atom stereocenters. The standard InChI is InChI=1S/C15H19ClN4O4/c1-19(9-14(22)20-6-5-17-15(20)23)8-13(21)18-11-7-10(16)3-4-12(11)24-2/h3-4,7H,5-6,8-9H2,1-2H3,(H,17,23)(H,18,21). The summed E-state index contributed by atoms with van der Waals surface area (Å²) in [6.07, 6.45) is 0. The second kappa shape index (κ2) is 7.98. The van der Waals surface area contributed by atoms with Crippen LogP contribution < -0.4 is 15.4 Å². The van der Waals surface area contributed by atoms with Gasteiger partial charge in [-0.3, -0.25) is 19.4 Å². The van der Waals surface area contributed by atoms with Crippen LogP contribution >= 0.6 is 11.6 Å². The molecule has 0 aromatic heterocycles. The van der Waals surface area contributed by atoms with Gasteiger partial charge in [-0.15, -0.1) is 0 Å². The second-order valence-electron chi connectivity index (χ2n) is 5.34. The molecule has 9 heteroatoms. The number of likely N-dealkylation sites (N-methyl/N-ethyl adjacent to an activating group) is 1. The maximum absolute atomic E-state index is 12.1. The Balaban J connectivity index is 1.89. The SMILES string of the molecule is COc1ccc(Cl)cc1NC(=O)CN(C)CC(=O)N1CCNC1=O. The van der Waals surface area contributed by atoms with Gasteiger partial charge in [-0.05, 0) is 25.2 Å². The summed E-state index contributed by atoms with van der Waals surface area (Å²) in [5, 5.41) is 5.71. The van der Waals surface area contributed by atoms with E-state index < -0.39 is 6.03 Å². The van der Waals surface area contributed by atoms with Gasteiger partial charge in [-0.1, -0.05) is 11.6 Å². The maximum atomic E-state index is 12.1. The summed E-state index contributed by atoms with van der Waals surface area (Å²) >= 11 is 5.91. The van der Waals surface area contributed by atoms with E-state index in [9.17, 15) is 14.4 Å². The van der Waals surface area contributed by atoms with Gasteiger partial charge < -0.3 is 15.4 Å². The highest BCUT2D eigenvalue weighted by Crippen LogP contribution is 2.27. The van der Waals surface area contributed by atoms with Crippen LogP contribution in [0, 0.1) is 0 Å². The zero-order valence-corrected chi connectivity index (χ0v) is 14.2. The van der Waals surface area contributed by atoms with E-state index in [1.807, 2.05) is 0 Å². The van der Waals surface area contributed by atoms with Crippen molar-refractivity contribution in [2.24, 2.45) is 0 Å². The van der Waals surface area contributed by atoms with Gasteiger partial charge in [0.1, 0.15) is 5.75 Å². The first kappa shape index (κ1) is 18.0. The van der Waals surface area contributed by atoms with Crippen LogP contribution in [0.3, 0.4) is 0 Å². The smallest absolute Gasteiger partial charge is 0.324 e. The molecule has 1 aliphatic heterocycles. The summed E-state index contributed by atoms with van der Waals surface area (Å²) < 4.78 is 5.16. The minimum atomic E-state index is -0.401. The molecule has 0 saturated carbocycles. The fourth-order valence-corrected chi connectivity index (χ4v) is 2.47. The molecular formula is C15H19ClN4O4. The lowest BCUT2D eigenvalue weighted by Crippen LogP contribution is -2.42. The molecule has 1 aliphatic rings. The summed E-state index contributed by atoms with van der Waals surface area (Å²) in [7, 11) is 3.12. The van der Waals surface area contributed by atoms with Crippen LogP contribution in [-0.2, 0) is 9.59 Å². The number of amides is 4. The summed E-state index contributed by atoms with van der Waals surface area (Å²) in [6.45, 7) is 0.741. The van der Waals surface area contributed by atoms with Crippen LogP contribution in [0.5, 0.6) is 5.75 Å². The third-order valence-electron chi connectivity index (χ3n) is 3.41. The molecule has 2 rings (SSSR count). The Labute approximate surface area is 144 Å². The van der Waals surface area contributed by atoms with Gasteiger partial charge >= 0.3 is 6.03 Å². The van der Waals surface area contributed by atoms with Crippen LogP contribution in [0.1, 0.15) is 0 Å². The quantitative estimate of drug-likeness (QED) is 0.787. The lowest BCUT2D eigenvalue weighted by atomic mass is 10.3. The van der Waals surface area contributed by atoms with Gasteiger partial charge in [-0.25, -0.2) is 4.79 Å². The number of imide groups is 1. The number of nitrogens with one attached hydrogen (secondary N) is 2. The van der Waals surface area contributed by atoms with Crippen molar-refractivity contribution in [3.63, 3.8) is 0 Å². The fourth-order valence-electron chi connectivity index (χ4n) is 2.29. The number of urea groups is 1. The minimum Gasteiger partial charge on any atom is -0.495 e. The number of benzene rings is 1. The highest BCUT2D eigenvalue weighted by molar-refractivity contribution is 6.31. The summed E-state index contributed by atoms with van der Waals surface area (Å²) in [5.74, 6) is -0.183. The Morgan fingerprint density at radius 1 is 1.42 bits per heavy atom. The van der Waals surface area contributed by atoms with Crippen molar-refractivity contribution < 1.29 is 19.1 Å². The second-order valence-corrected chi connectivity index (χ2v) is 5.78. The van der Waals surface area contributed by atoms with Gasteiger partial charge in [0.2, 0.25) is 11.8 Å². The maximum Gasteiger partial charge on any atom is 0.324 e. The molecular weight excluding hydrogens is 336 g/mol. The van der Waals surface area contributed by atoms with Crippen molar-refractivity contribution in [1.82, 2.24) is 15.1 Å². The Kier molecular flexibility index (Phi) is 5.99. The van der Waals surface area contributed by atoms with Crippen LogP contribution in [0.15, 0.2) is 18.2 Å². The predicted molar refractivity (Wildman–Crippen MR) is 89.2 cm³/mol. The molecule has 24 heavy (non-hydrogen) atoms. The lowest BCUT2D eigenvalue weighted by molar-refractivity contribution is -0.128. The van der Waals surface area contributed by atoms with Crippen molar-refractivity contribution in [2.45, 2.75) is 0 Å². The predicted octanol–water partition coefficient (Wildman–Crippen LogP) is 0.771. The van der Waals surface area contributed by atoms with Gasteiger partial charge in [0.15, 0.2) is 0 Å². The number of carbonyl (C=O) groups excluding carboxylic acids is 3. The Bertz CT molecular complexity index is 652. The molecule has 1 heterocycles. The van der Waals surface area contributed by atoms with E-state index in [0.717, 1.165) is 4.90 Å². The van der Waals surface area contributed by atoms with E-state index >= 15 is 0 Å². The molecule has 1 aromatic rings. The number of ether oxygens (including phenoxy) is 1. The molecule has 1 aromatic carbocycles. The average molecular weight is 355 g/mol. The first-order valence-corrected chi connectivity index (χ1v) is 7.68. The molecule has 1 fully saturated rings. The molecule has 0 bridgehead atoms. The first-order valence-electron chi connectivity index (χ1n) is 7.31. The van der Waals surface area contributed by atoms with E-state index in [0.29, 0.717) is 29.5 Å². The van der Waals surface area contributed by atoms with Crippen molar-refractivity contribution in [3.8, 4) is 5.75 Å². The largest absolute Gasteiger partial charge is 0.495 e. The molecule has 0 spiro atoms. The van der Waals surface area contributed by atoms with Gasteiger partial charge in [-0.2, -0.15) is 0 Å². The van der Waals surface area contributed by atoms with E-state index in [4.69, 9.17) is 16.3 Å². The molecule has 0 atom stereocenters. The number of carbonyl (C=O) groups is 3. The van der Waals surface area contributed by atoms with Crippen molar-refractivity contribution >= 4 is 35.1 Å². The molecule has 0 aliphatic carbocycles. The Hall–Kier alpha value is -2.32. The number of rotatable bonds is 6. The normalized spacial score (nSPS) is 13.8. The number of nitrogens with zero attached hydrogens (tertiary/aromatic N) is 2. The monoisotopic (exact) mass is 354 g/mol. The van der Waals surface area contributed by atoms with Gasteiger partial charge in [0, 0.05) is 18.1 Å². The summed E-state index contributed by atoms with van der Waals surface area (Å²) in [6, 6.07) is 4.48. The number of hydrogen-bond acceptors (Lipinski definition) is 5. The zero-order chi connectivity index (χ0) is 17.7. The molecule has 0 radical (unpaired) electrons. The van der Waals surface area contributed by atoms with Crippen molar-refractivity contribution in [2.75, 3.05) is 45.7 Å². The molecule has 130 valence electrons. The highest BCUT2D eigenvalue weighted by atomic mass is 35.5. The highest BCUT2D eigenvalue weighted by Gasteiger charge is 2.26. The third kappa shape index (κ3) is 4.59. The Morgan fingerprint density at radius 3 is 2.79 bits per heavy atom. The van der Waals surface area contributed by atoms with Gasteiger partial charge in [0.25, 0.3) is 0 Å². The summed E-state index contributed by atoms with van der Waals surface area (Å²) in [5.41, 5.74) is 0.452. The van der Waals surface area contributed by atoms with E-state index in [1.165, 1.54) is 12.0 Å². The Morgan fingerprint density at radius 2 is 2.17 bits per heavy atom. The van der Waals surface area contributed by atoms with E-state index in [-0.39, 0.29) is 24.9 Å². The first-order chi connectivity index (χ1) is 11.4. The lowest BCUT2D eigenvalue weighted by Gasteiger charge is -2.19. The topological polar surface area (TPSA) is 91.0 Å². The number of anilines is 1. The fraction of sp³-hybridized carbons (Fsp3) is 0.400. The minimum absolute atomic E-state index is 0.0170. The van der Waals surface area contributed by atoms with Gasteiger partial charge in [0.05, 0.1) is 25.9 Å². The van der Waals surface area contributed by atoms with Crippen molar-refractivity contribution in [3.05, 3.63) is 23.2 Å². The van der Waals surface area contributed by atoms with Crippen molar-refractivity contribution in [1.29, 1.82) is 0 Å². The molecule has 4 amide bonds. The number of methoxy groups -OCH3 is 1. The van der Waals surface area contributed by atoms with Crippen LogP contribution in [0.4, 0.5) is 10.5 Å². The number of hydrogen-bond donors (Lipinski definition) is 2. The molecule has 8 nitrogen and oxygen atoms in total. The number of halogens is 1. The average Bonchev–Trinajstić information content (AvgIpc) is 2.93. The van der Waals surface area contributed by atoms with E-state index in [1.54, 1.807) is 25.2 Å². The third-order valence-corrected chi connectivity index (χ3v) is 3.65. The van der Waals surface area contributed by atoms with Crippen LogP contribution in [0.25, 0.3) is 0 Å². The molecule has 2 N–H and O–H groups in total. The van der Waals surface area contributed by atoms with E-state index in [2.05, 4.69) is 10.6 Å². The summed E-state index contributed by atoms with van der Waals surface area (Å²) in [4.78, 5) is 38.2. The molecule has 1 saturated heterocycles.